The molecule has 1 heterocycles. The van der Waals surface area contributed by atoms with Crippen LogP contribution >= 0.6 is 0 Å². The maximum absolute atomic E-state index is 6.07. The SMILES string of the molecule is C=N/C(C)=C(/C=C\C)N(CCCN1CCCCC1)COc1ccc(C)cc1.CC.CC. The topological polar surface area (TPSA) is 28.1 Å². The van der Waals surface area contributed by atoms with Crippen molar-refractivity contribution in [2.75, 3.05) is 32.9 Å². The third kappa shape index (κ3) is 11.8. The third-order valence-corrected chi connectivity index (χ3v) is 5.03. The van der Waals surface area contributed by atoms with Gasteiger partial charge in [-0.3, -0.25) is 4.99 Å². The van der Waals surface area contributed by atoms with Gasteiger partial charge in [-0.15, -0.1) is 0 Å². The minimum Gasteiger partial charge on any atom is -0.473 e. The largest absolute Gasteiger partial charge is 0.473 e. The van der Waals surface area contributed by atoms with Crippen LogP contribution in [0.25, 0.3) is 0 Å². The predicted octanol–water partition coefficient (Wildman–Crippen LogP) is 7.07. The smallest absolute Gasteiger partial charge is 0.161 e. The minimum absolute atomic E-state index is 0.510. The molecule has 0 saturated carbocycles. The molecule has 1 aromatic carbocycles. The highest BCUT2D eigenvalue weighted by Gasteiger charge is 2.14. The zero-order valence-corrected chi connectivity index (χ0v) is 21.3. The van der Waals surface area contributed by atoms with Gasteiger partial charge in [0.2, 0.25) is 0 Å². The zero-order chi connectivity index (χ0) is 23.5. The molecule has 4 nitrogen and oxygen atoms in total. The van der Waals surface area contributed by atoms with Crippen LogP contribution < -0.4 is 4.74 Å². The third-order valence-electron chi connectivity index (χ3n) is 5.03. The molecule has 0 amide bonds. The second-order valence-corrected chi connectivity index (χ2v) is 7.23. The molecule has 0 atom stereocenters. The Hall–Kier alpha value is -2.07. The number of hydrogen-bond donors (Lipinski definition) is 0. The number of benzene rings is 1. The minimum atomic E-state index is 0.510. The second kappa shape index (κ2) is 18.7. The van der Waals surface area contributed by atoms with Crippen LogP contribution in [0.2, 0.25) is 0 Å². The summed E-state index contributed by atoms with van der Waals surface area (Å²) >= 11 is 0. The van der Waals surface area contributed by atoms with Gasteiger partial charge in [-0.05, 0) is 84.6 Å². The lowest BCUT2D eigenvalue weighted by atomic mass is 10.1. The Morgan fingerprint density at radius 1 is 1.10 bits per heavy atom. The zero-order valence-electron chi connectivity index (χ0n) is 21.3. The van der Waals surface area contributed by atoms with Gasteiger partial charge in [0, 0.05) is 6.54 Å². The average Bonchev–Trinajstić information content (AvgIpc) is 2.84. The number of likely N-dealkylation sites (tertiary alicyclic amines) is 1. The fourth-order valence-corrected chi connectivity index (χ4v) is 3.40. The molecule has 0 N–H and O–H groups in total. The van der Waals surface area contributed by atoms with Gasteiger partial charge in [0.1, 0.15) is 5.75 Å². The first-order valence-corrected chi connectivity index (χ1v) is 12.1. The molecule has 0 aliphatic carbocycles. The summed E-state index contributed by atoms with van der Waals surface area (Å²) in [5, 5.41) is 0. The molecule has 0 unspecified atom stereocenters. The maximum Gasteiger partial charge on any atom is 0.161 e. The Bertz CT molecular complexity index is 628. The quantitative estimate of drug-likeness (QED) is 0.226. The standard InChI is InChI=1S/C23H35N3O.2C2H6/c1-5-10-23(21(3)24-4)26(18-9-17-25-15-7-6-8-16-25)19-27-22-13-11-20(2)12-14-22;2*1-2/h5,10-14H,4,6-9,15-19H2,1-3H3;2*1-2H3/b10-5-,23-21-;;. The van der Waals surface area contributed by atoms with Gasteiger partial charge in [0.05, 0.1) is 11.4 Å². The Morgan fingerprint density at radius 2 is 1.71 bits per heavy atom. The molecule has 1 aliphatic rings. The van der Waals surface area contributed by atoms with E-state index in [1.165, 1.54) is 37.9 Å². The molecule has 1 aliphatic heterocycles. The van der Waals surface area contributed by atoms with Crippen LogP contribution in [0, 0.1) is 6.92 Å². The van der Waals surface area contributed by atoms with Crippen molar-refractivity contribution in [3.8, 4) is 5.75 Å². The monoisotopic (exact) mass is 429 g/mol. The first-order chi connectivity index (χ1) is 15.1. The molecule has 2 rings (SSSR count). The first kappa shape index (κ1) is 28.9. The van der Waals surface area contributed by atoms with Gasteiger partial charge in [0.25, 0.3) is 0 Å². The fraction of sp³-hybridized carbons (Fsp3) is 0.593. The summed E-state index contributed by atoms with van der Waals surface area (Å²) in [6, 6.07) is 8.21. The van der Waals surface area contributed by atoms with E-state index < -0.39 is 0 Å². The fourth-order valence-electron chi connectivity index (χ4n) is 3.40. The van der Waals surface area contributed by atoms with E-state index in [-0.39, 0.29) is 0 Å². The highest BCUT2D eigenvalue weighted by Crippen LogP contribution is 2.18. The van der Waals surface area contributed by atoms with E-state index in [0.717, 1.165) is 36.7 Å². The Kier molecular flexibility index (Phi) is 17.4. The molecule has 0 spiro atoms. The van der Waals surface area contributed by atoms with Crippen molar-refractivity contribution in [1.82, 2.24) is 9.80 Å². The highest BCUT2D eigenvalue weighted by atomic mass is 16.5. The summed E-state index contributed by atoms with van der Waals surface area (Å²) in [6.45, 7) is 22.9. The van der Waals surface area contributed by atoms with E-state index in [2.05, 4.69) is 46.6 Å². The number of ether oxygens (including phenoxy) is 1. The van der Waals surface area contributed by atoms with E-state index in [9.17, 15) is 0 Å². The molecular formula is C27H47N3O. The molecule has 0 radical (unpaired) electrons. The van der Waals surface area contributed by atoms with Crippen LogP contribution in [0.3, 0.4) is 0 Å². The van der Waals surface area contributed by atoms with Gasteiger partial charge in [0.15, 0.2) is 6.73 Å². The lowest BCUT2D eigenvalue weighted by Gasteiger charge is -2.30. The summed E-state index contributed by atoms with van der Waals surface area (Å²) in [5.74, 6) is 0.894. The highest BCUT2D eigenvalue weighted by molar-refractivity contribution is 5.33. The molecule has 0 bridgehead atoms. The van der Waals surface area contributed by atoms with Gasteiger partial charge >= 0.3 is 0 Å². The summed E-state index contributed by atoms with van der Waals surface area (Å²) in [5.41, 5.74) is 3.25. The normalized spacial score (nSPS) is 14.5. The van der Waals surface area contributed by atoms with Crippen molar-refractivity contribution >= 4 is 6.72 Å². The van der Waals surface area contributed by atoms with E-state index in [1.807, 2.05) is 59.8 Å². The number of piperidine rings is 1. The van der Waals surface area contributed by atoms with Gasteiger partial charge in [-0.2, -0.15) is 0 Å². The summed E-state index contributed by atoms with van der Waals surface area (Å²) in [4.78, 5) is 9.02. The van der Waals surface area contributed by atoms with Crippen molar-refractivity contribution < 1.29 is 4.74 Å². The molecule has 0 aromatic heterocycles. The van der Waals surface area contributed by atoms with E-state index >= 15 is 0 Å². The number of aryl methyl sites for hydroxylation is 1. The molecule has 4 heteroatoms. The van der Waals surface area contributed by atoms with Crippen LogP contribution in [-0.2, 0) is 0 Å². The van der Waals surface area contributed by atoms with E-state index in [0.29, 0.717) is 6.73 Å². The Morgan fingerprint density at radius 3 is 2.26 bits per heavy atom. The number of rotatable bonds is 10. The van der Waals surface area contributed by atoms with Crippen LogP contribution in [0.5, 0.6) is 5.75 Å². The molecular weight excluding hydrogens is 382 g/mol. The number of aliphatic imine (C=N–C) groups is 1. The summed E-state index contributed by atoms with van der Waals surface area (Å²) in [7, 11) is 0. The molecule has 176 valence electrons. The van der Waals surface area contributed by atoms with Crippen molar-refractivity contribution in [3.05, 3.63) is 53.4 Å². The van der Waals surface area contributed by atoms with Crippen LogP contribution in [-0.4, -0.2) is 49.4 Å². The molecule has 1 fully saturated rings. The van der Waals surface area contributed by atoms with Gasteiger partial charge < -0.3 is 14.5 Å². The Balaban J connectivity index is 0.00000212. The predicted molar refractivity (Wildman–Crippen MR) is 138 cm³/mol. The van der Waals surface area contributed by atoms with Gasteiger partial charge in [-0.1, -0.05) is 57.9 Å². The van der Waals surface area contributed by atoms with Crippen molar-refractivity contribution in [2.24, 2.45) is 4.99 Å². The van der Waals surface area contributed by atoms with E-state index in [1.54, 1.807) is 0 Å². The van der Waals surface area contributed by atoms with Crippen molar-refractivity contribution in [1.29, 1.82) is 0 Å². The average molecular weight is 430 g/mol. The van der Waals surface area contributed by atoms with Crippen LogP contribution in [0.4, 0.5) is 0 Å². The Labute approximate surface area is 192 Å². The van der Waals surface area contributed by atoms with Crippen molar-refractivity contribution in [2.45, 2.75) is 74.1 Å². The number of nitrogens with zero attached hydrogens (tertiary/aromatic N) is 3. The first-order valence-electron chi connectivity index (χ1n) is 12.1. The lowest BCUT2D eigenvalue weighted by Crippen LogP contribution is -2.34. The lowest BCUT2D eigenvalue weighted by molar-refractivity contribution is 0.150. The molecule has 1 saturated heterocycles. The second-order valence-electron chi connectivity index (χ2n) is 7.23. The number of hydrogen-bond acceptors (Lipinski definition) is 4. The van der Waals surface area contributed by atoms with Crippen molar-refractivity contribution in [3.63, 3.8) is 0 Å². The summed E-state index contributed by atoms with van der Waals surface area (Å²) < 4.78 is 6.07. The summed E-state index contributed by atoms with van der Waals surface area (Å²) in [6.07, 6.45) is 9.32. The number of allylic oxidation sites excluding steroid dienone is 3. The van der Waals surface area contributed by atoms with Gasteiger partial charge in [-0.25, -0.2) is 0 Å². The van der Waals surface area contributed by atoms with E-state index in [4.69, 9.17) is 4.74 Å². The van der Waals surface area contributed by atoms with Crippen LogP contribution in [0.1, 0.15) is 72.8 Å². The maximum atomic E-state index is 6.07. The van der Waals surface area contributed by atoms with Crippen LogP contribution in [0.15, 0.2) is 52.8 Å². The molecule has 1 aromatic rings. The molecule has 31 heavy (non-hydrogen) atoms.